The molecule has 0 spiro atoms. The smallest absolute Gasteiger partial charge is 0.152 e. The Kier molecular flexibility index (Phi) is 27.0. The summed E-state index contributed by atoms with van der Waals surface area (Å²) in [5, 5.41) is 13.8. The highest BCUT2D eigenvalue weighted by atomic mass is 127. The molecule has 0 bridgehead atoms. The average molecular weight is 1390 g/mol. The van der Waals surface area contributed by atoms with Crippen LogP contribution in [0, 0.1) is 45.7 Å². The molecule has 3 aromatic carbocycles. The van der Waals surface area contributed by atoms with Crippen LogP contribution in [0.25, 0.3) is 32.7 Å². The minimum absolute atomic E-state index is 0.194. The minimum Gasteiger partial charge on any atom is -0.382 e. The summed E-state index contributed by atoms with van der Waals surface area (Å²) in [4.78, 5) is 53.1. The zero-order chi connectivity index (χ0) is 54.9. The van der Waals surface area contributed by atoms with Gasteiger partial charge in [-0.3, -0.25) is 19.7 Å². The van der Waals surface area contributed by atoms with Crippen LogP contribution in [0.2, 0.25) is 0 Å². The van der Waals surface area contributed by atoms with Crippen molar-refractivity contribution in [2.45, 2.75) is 61.0 Å². The lowest BCUT2D eigenvalue weighted by Gasteiger charge is -2.11. The van der Waals surface area contributed by atoms with E-state index in [9.17, 15) is 9.90 Å². The van der Waals surface area contributed by atoms with Gasteiger partial charge in [-0.15, -0.1) is 23.2 Å². The number of halogens is 5. The number of aryl methyl sites for hydroxylation is 6. The number of aliphatic hydroxyl groups excluding tert-OH is 1. The lowest BCUT2D eigenvalue weighted by Crippen LogP contribution is -2.03. The molecule has 0 amide bonds. The van der Waals surface area contributed by atoms with Crippen LogP contribution in [-0.2, 0) is 20.5 Å². The monoisotopic (exact) mass is 1390 g/mol. The summed E-state index contributed by atoms with van der Waals surface area (Å²) >= 11 is 16.2. The summed E-state index contributed by atoms with van der Waals surface area (Å²) in [5.74, 6) is 0. The fourth-order valence-corrected chi connectivity index (χ4v) is 7.82. The average Bonchev–Trinajstić information content (AvgIpc) is 4.28. The number of pyridine rings is 3. The van der Waals surface area contributed by atoms with Gasteiger partial charge >= 0.3 is 0 Å². The number of hydrogen-bond donors (Lipinski definition) is 4. The van der Waals surface area contributed by atoms with Gasteiger partial charge in [-0.2, -0.15) is 0 Å². The van der Waals surface area contributed by atoms with Crippen LogP contribution in [0.1, 0.15) is 81.3 Å². The molecule has 0 fully saturated rings. The van der Waals surface area contributed by atoms with Crippen LogP contribution >= 0.6 is 91.0 Å². The normalized spacial score (nSPS) is 10.4. The van der Waals surface area contributed by atoms with Gasteiger partial charge in [0.1, 0.15) is 17.2 Å². The highest BCUT2D eigenvalue weighted by Gasteiger charge is 2.18. The van der Waals surface area contributed by atoms with E-state index in [1.807, 2.05) is 144 Å². The van der Waals surface area contributed by atoms with Crippen molar-refractivity contribution in [1.29, 1.82) is 0 Å². The third kappa shape index (κ3) is 18.5. The number of aromatic nitrogens is 13. The number of alkyl halides is 2. The van der Waals surface area contributed by atoms with Crippen LogP contribution in [0.3, 0.4) is 0 Å². The third-order valence-corrected chi connectivity index (χ3v) is 14.5. The van der Waals surface area contributed by atoms with Gasteiger partial charge in [0.15, 0.2) is 6.29 Å². The van der Waals surface area contributed by atoms with Gasteiger partial charge in [0, 0.05) is 89.2 Å². The predicted octanol–water partition coefficient (Wildman–Crippen LogP) is 13.7. The number of benzene rings is 3. The molecule has 0 saturated carbocycles. The number of fused-ring (bicyclic) bond motifs is 3. The fourth-order valence-electron chi connectivity index (χ4n) is 6.76. The largest absolute Gasteiger partial charge is 0.382 e. The molecule has 11 aromatic rings. The van der Waals surface area contributed by atoms with Gasteiger partial charge in [0.05, 0.1) is 70.6 Å². The molecule has 0 saturated heterocycles. The lowest BCUT2D eigenvalue weighted by molar-refractivity contribution is 0.112. The molecular formula is C55H60Cl2I3N13O2. The minimum atomic E-state index is -0.755. The number of carbonyl (C=O) groups excluding carboxylic acids is 1. The van der Waals surface area contributed by atoms with E-state index < -0.39 is 6.10 Å². The topological polar surface area (TPSA) is 198 Å². The Bertz CT molecular complexity index is 3330. The molecule has 0 aliphatic heterocycles. The quantitative estimate of drug-likeness (QED) is 0.0731. The first-order valence-corrected chi connectivity index (χ1v) is 27.7. The van der Waals surface area contributed by atoms with Crippen molar-refractivity contribution in [3.05, 3.63) is 209 Å². The van der Waals surface area contributed by atoms with E-state index in [2.05, 4.69) is 154 Å². The first kappa shape index (κ1) is 61.9. The highest BCUT2D eigenvalue weighted by molar-refractivity contribution is 14.1. The molecule has 8 heterocycles. The second-order valence-electron chi connectivity index (χ2n) is 15.8. The first-order valence-electron chi connectivity index (χ1n) is 23.3. The molecule has 20 heteroatoms. The fraction of sp³-hybridized carbons (Fsp3) is 0.218. The van der Waals surface area contributed by atoms with E-state index in [0.717, 1.165) is 81.5 Å². The molecule has 1 unspecified atom stereocenters. The van der Waals surface area contributed by atoms with Gasteiger partial charge in [0.2, 0.25) is 0 Å². The van der Waals surface area contributed by atoms with Gasteiger partial charge < -0.3 is 29.2 Å². The van der Waals surface area contributed by atoms with Gasteiger partial charge in [0.25, 0.3) is 0 Å². The zero-order valence-corrected chi connectivity index (χ0v) is 51.0. The highest BCUT2D eigenvalue weighted by Crippen LogP contribution is 2.28. The van der Waals surface area contributed by atoms with Crippen LogP contribution in [0.5, 0.6) is 0 Å². The van der Waals surface area contributed by atoms with Gasteiger partial charge in [-0.25, -0.2) is 24.9 Å². The second kappa shape index (κ2) is 32.7. The summed E-state index contributed by atoms with van der Waals surface area (Å²) in [5.41, 5.74) is 12.5. The summed E-state index contributed by atoms with van der Waals surface area (Å²) in [6.45, 7) is 14.0. The number of nitrogens with zero attached hydrogens (tertiary/aromatic N) is 10. The Morgan fingerprint density at radius 1 is 0.587 bits per heavy atom. The Morgan fingerprint density at radius 3 is 1.53 bits per heavy atom. The molecule has 4 N–H and O–H groups in total. The van der Waals surface area contributed by atoms with Crippen molar-refractivity contribution in [2.75, 3.05) is 5.34 Å². The van der Waals surface area contributed by atoms with Crippen LogP contribution in [0.4, 0.5) is 0 Å². The third-order valence-electron chi connectivity index (χ3n) is 10.9. The van der Waals surface area contributed by atoms with E-state index in [0.29, 0.717) is 11.3 Å². The number of aromatic amines is 3. The maximum Gasteiger partial charge on any atom is 0.152 e. The van der Waals surface area contributed by atoms with Crippen LogP contribution in [0.15, 0.2) is 141 Å². The number of aldehydes is 1. The number of H-pyrrole nitrogens is 3. The van der Waals surface area contributed by atoms with Crippen molar-refractivity contribution in [3.63, 3.8) is 0 Å². The van der Waals surface area contributed by atoms with Crippen LogP contribution < -0.4 is 0 Å². The standard InChI is InChI=1S/C14H13N3O.C14H13N3.C10H7NO.2C5H7IN2.C4H5IN2.C2H6.CH2Cl2/c1-9-12(17-8-16-9)14(18)11-6-2-4-10-5-3-7-15-13(10)11;1-10-13(17-9-16-10)8-12-5-2-4-11-6-3-7-15-14(11)12;12-7-9-4-1-3-8-5-2-6-11-10(8)9;1-4-5(6)7-3-8(4)2;1-4-5(6)8(2)3-7-4;1-3-4(5)7-2-6-3;1-2;2-1-3/h2-8,14,18H,1H3,(H,16,17);2-7,9H,8H2,1H3,(H,16,17);1-7H;2*3H,1-2H3;2H,1H3,(H,6,7);1-2H3;1H2. The SMILES string of the molecule is CC.Cc1[nH]cnc1C(O)c1cccc2cccnc12.Cc1[nH]cnc1Cc1cccc2cccnc12.Cc1[nH]cnc1I.Cc1c(I)ncn1C.Cc1ncn(C)c1I.ClCCl.O=Cc1cccc2cccnc12. The van der Waals surface area contributed by atoms with Crippen molar-refractivity contribution in [1.82, 2.24) is 64.0 Å². The van der Waals surface area contributed by atoms with Crippen molar-refractivity contribution in [2.24, 2.45) is 14.1 Å². The molecule has 0 radical (unpaired) electrons. The van der Waals surface area contributed by atoms with Gasteiger partial charge in [-0.1, -0.05) is 80.6 Å². The molecule has 1 atom stereocenters. The molecule has 8 aromatic heterocycles. The summed E-state index contributed by atoms with van der Waals surface area (Å²) in [7, 11) is 3.98. The predicted molar refractivity (Wildman–Crippen MR) is 329 cm³/mol. The Hall–Kier alpha value is -5.66. The molecule has 75 heavy (non-hydrogen) atoms. The van der Waals surface area contributed by atoms with E-state index in [-0.39, 0.29) is 5.34 Å². The van der Waals surface area contributed by atoms with Crippen molar-refractivity contribution in [3.8, 4) is 0 Å². The Labute approximate surface area is 488 Å². The molecule has 11 rings (SSSR count). The van der Waals surface area contributed by atoms with Gasteiger partial charge in [-0.05, 0) is 132 Å². The van der Waals surface area contributed by atoms with Crippen molar-refractivity contribution < 1.29 is 9.90 Å². The summed E-state index contributed by atoms with van der Waals surface area (Å²) in [6, 6.07) is 29.3. The van der Waals surface area contributed by atoms with Crippen molar-refractivity contribution >= 4 is 130 Å². The van der Waals surface area contributed by atoms with E-state index >= 15 is 0 Å². The number of rotatable bonds is 5. The molecule has 392 valence electrons. The molecule has 15 nitrogen and oxygen atoms in total. The van der Waals surface area contributed by atoms with Crippen LogP contribution in [-0.4, -0.2) is 80.7 Å². The zero-order valence-electron chi connectivity index (χ0n) is 43.1. The molecule has 0 aliphatic rings. The second-order valence-corrected chi connectivity index (χ2v) is 19.7. The molecular weight excluding hydrogens is 1330 g/mol. The van der Waals surface area contributed by atoms with E-state index in [1.165, 1.54) is 20.3 Å². The maximum atomic E-state index is 10.6. The van der Waals surface area contributed by atoms with E-state index in [1.54, 1.807) is 37.4 Å². The maximum absolute atomic E-state index is 10.6. The number of aliphatic hydroxyl groups is 1. The number of carbonyl (C=O) groups is 1. The lowest BCUT2D eigenvalue weighted by atomic mass is 10.0. The number of hydrogen-bond acceptors (Lipinski definition) is 10. The Morgan fingerprint density at radius 2 is 1.09 bits per heavy atom. The Balaban J connectivity index is 0.000000198. The number of imidazole rings is 5. The first-order chi connectivity index (χ1) is 36.2. The number of nitrogens with one attached hydrogen (secondary N) is 3. The summed E-state index contributed by atoms with van der Waals surface area (Å²) in [6.07, 6.45) is 14.8. The number of para-hydroxylation sites is 3. The summed E-state index contributed by atoms with van der Waals surface area (Å²) < 4.78 is 7.35. The molecule has 0 aliphatic carbocycles. The van der Waals surface area contributed by atoms with E-state index in [4.69, 9.17) is 23.2 Å².